The van der Waals surface area contributed by atoms with E-state index < -0.39 is 0 Å². The molecule has 3 rings (SSSR count). The zero-order chi connectivity index (χ0) is 18.1. The highest BCUT2D eigenvalue weighted by atomic mass is 79.9. The minimum absolute atomic E-state index is 0.0428. The van der Waals surface area contributed by atoms with Gasteiger partial charge in [0.2, 0.25) is 0 Å². The summed E-state index contributed by atoms with van der Waals surface area (Å²) >= 11 is 15.9. The van der Waals surface area contributed by atoms with Gasteiger partial charge in [-0.15, -0.1) is 0 Å². The average molecular weight is 457 g/mol. The molecule has 0 aromatic heterocycles. The molecule has 0 saturated carbocycles. The highest BCUT2D eigenvalue weighted by molar-refractivity contribution is 9.10. The molecule has 1 fully saturated rings. The first-order chi connectivity index (χ1) is 11.9. The lowest BCUT2D eigenvalue weighted by Gasteiger charge is -2.14. The minimum Gasteiger partial charge on any atom is -0.504 e. The van der Waals surface area contributed by atoms with Gasteiger partial charge in [-0.05, 0) is 36.4 Å². The van der Waals surface area contributed by atoms with Crippen LogP contribution in [0.4, 0.5) is 5.69 Å². The van der Waals surface area contributed by atoms with E-state index in [4.69, 9.17) is 28.6 Å². The lowest BCUT2D eigenvalue weighted by molar-refractivity contribution is -0.113. The van der Waals surface area contributed by atoms with E-state index >= 15 is 0 Å². The number of hydrogen-bond acceptors (Lipinski definition) is 5. The van der Waals surface area contributed by atoms with E-state index in [1.54, 1.807) is 42.5 Å². The maximum Gasteiger partial charge on any atom is 0.270 e. The molecule has 2 aromatic carbocycles. The Kier molecular flexibility index (Phi) is 5.38. The summed E-state index contributed by atoms with van der Waals surface area (Å²) < 4.78 is 6.25. The van der Waals surface area contributed by atoms with Crippen LogP contribution < -0.4 is 9.64 Å². The smallest absolute Gasteiger partial charge is 0.270 e. The van der Waals surface area contributed by atoms with Gasteiger partial charge in [-0.1, -0.05) is 57.6 Å². The number of aromatic hydroxyl groups is 1. The highest BCUT2D eigenvalue weighted by Crippen LogP contribution is 2.40. The van der Waals surface area contributed by atoms with Crippen LogP contribution in [0.1, 0.15) is 5.56 Å². The molecule has 0 atom stereocenters. The van der Waals surface area contributed by atoms with Crippen molar-refractivity contribution in [3.63, 3.8) is 0 Å². The number of phenols is 1. The molecule has 0 bridgehead atoms. The molecular formula is C17H11BrClNO3S2. The Morgan fingerprint density at radius 2 is 2.12 bits per heavy atom. The molecule has 25 heavy (non-hydrogen) atoms. The Hall–Kier alpha value is -1.54. The molecule has 1 N–H and O–H groups in total. The van der Waals surface area contributed by atoms with Crippen LogP contribution >= 0.6 is 51.5 Å². The van der Waals surface area contributed by atoms with E-state index in [1.807, 2.05) is 0 Å². The fraction of sp³-hybridized carbons (Fsp3) is 0.0588. The van der Waals surface area contributed by atoms with Gasteiger partial charge in [-0.25, -0.2) is 0 Å². The molecule has 0 aliphatic carbocycles. The number of anilines is 1. The molecule has 128 valence electrons. The number of halogens is 2. The monoisotopic (exact) mass is 455 g/mol. The summed E-state index contributed by atoms with van der Waals surface area (Å²) in [6.45, 7) is 0. The third-order valence-electron chi connectivity index (χ3n) is 3.44. The Balaban J connectivity index is 2.00. The van der Waals surface area contributed by atoms with Gasteiger partial charge in [0, 0.05) is 15.1 Å². The Labute approximate surface area is 167 Å². The highest BCUT2D eigenvalue weighted by Gasteiger charge is 2.33. The Bertz CT molecular complexity index is 917. The van der Waals surface area contributed by atoms with E-state index in [0.29, 0.717) is 31.2 Å². The fourth-order valence-corrected chi connectivity index (χ4v) is 4.24. The number of benzene rings is 2. The van der Waals surface area contributed by atoms with Crippen molar-refractivity contribution in [2.45, 2.75) is 0 Å². The molecule has 1 amide bonds. The first kappa shape index (κ1) is 18.3. The van der Waals surface area contributed by atoms with Gasteiger partial charge < -0.3 is 9.84 Å². The number of carbonyl (C=O) groups is 1. The van der Waals surface area contributed by atoms with Crippen LogP contribution in [-0.2, 0) is 4.79 Å². The molecule has 0 spiro atoms. The van der Waals surface area contributed by atoms with E-state index in [1.165, 1.54) is 12.0 Å². The lowest BCUT2D eigenvalue weighted by atomic mass is 10.1. The number of rotatable bonds is 3. The van der Waals surface area contributed by atoms with Crippen LogP contribution in [0.25, 0.3) is 6.08 Å². The summed E-state index contributed by atoms with van der Waals surface area (Å²) in [5, 5.41) is 10.8. The van der Waals surface area contributed by atoms with E-state index in [2.05, 4.69) is 15.9 Å². The van der Waals surface area contributed by atoms with Gasteiger partial charge in [0.25, 0.3) is 5.91 Å². The molecule has 4 nitrogen and oxygen atoms in total. The molecule has 1 aliphatic rings. The van der Waals surface area contributed by atoms with E-state index in [0.717, 1.165) is 16.2 Å². The van der Waals surface area contributed by atoms with Crippen LogP contribution in [0.3, 0.4) is 0 Å². The number of amides is 1. The topological polar surface area (TPSA) is 49.8 Å². The normalized spacial score (nSPS) is 16.0. The van der Waals surface area contributed by atoms with Crippen LogP contribution in [0.2, 0.25) is 5.02 Å². The minimum atomic E-state index is -0.268. The van der Waals surface area contributed by atoms with Crippen molar-refractivity contribution in [3.8, 4) is 11.5 Å². The predicted molar refractivity (Wildman–Crippen MR) is 109 cm³/mol. The van der Waals surface area contributed by atoms with Crippen LogP contribution in [0.15, 0.2) is 45.8 Å². The molecule has 0 radical (unpaired) electrons. The number of carbonyl (C=O) groups excluding carboxylic acids is 1. The summed E-state index contributed by atoms with van der Waals surface area (Å²) in [5.74, 6) is 0.000257. The fourth-order valence-electron chi connectivity index (χ4n) is 2.31. The number of thioether (sulfide) groups is 1. The summed E-state index contributed by atoms with van der Waals surface area (Å²) in [6, 6.07) is 10.3. The number of nitrogens with zero attached hydrogens (tertiary/aromatic N) is 1. The maximum absolute atomic E-state index is 12.8. The molecule has 1 aliphatic heterocycles. The maximum atomic E-state index is 12.8. The summed E-state index contributed by atoms with van der Waals surface area (Å²) in [4.78, 5) is 14.6. The van der Waals surface area contributed by atoms with Crippen molar-refractivity contribution in [2.75, 3.05) is 12.0 Å². The van der Waals surface area contributed by atoms with Crippen LogP contribution in [0.5, 0.6) is 11.5 Å². The van der Waals surface area contributed by atoms with Crippen molar-refractivity contribution >= 4 is 73.5 Å². The van der Waals surface area contributed by atoms with Crippen molar-refractivity contribution < 1.29 is 14.6 Å². The van der Waals surface area contributed by atoms with E-state index in [-0.39, 0.29) is 11.7 Å². The number of thiocarbonyl (C=S) groups is 1. The van der Waals surface area contributed by atoms with Gasteiger partial charge in [0.1, 0.15) is 0 Å². The SMILES string of the molecule is COc1cc(Br)cc(/C=C2/SC(=S)N(c3cccc(Cl)c3)C2=O)c1O. The quantitative estimate of drug-likeness (QED) is 0.507. The number of methoxy groups -OCH3 is 1. The summed E-state index contributed by atoms with van der Waals surface area (Å²) in [7, 11) is 1.46. The first-order valence-electron chi connectivity index (χ1n) is 7.00. The number of phenolic OH excluding ortho intramolecular Hbond substituents is 1. The third kappa shape index (κ3) is 3.69. The van der Waals surface area contributed by atoms with Crippen LogP contribution in [-0.4, -0.2) is 22.4 Å². The average Bonchev–Trinajstić information content (AvgIpc) is 2.84. The van der Waals surface area contributed by atoms with Crippen molar-refractivity contribution in [2.24, 2.45) is 0 Å². The standard InChI is InChI=1S/C17H11BrClNO3S2/c1-23-13-7-10(18)5-9(15(13)21)6-14-16(22)20(17(24)25-14)12-4-2-3-11(19)8-12/h2-8,21H,1H3/b14-6+. The van der Waals surface area contributed by atoms with Crippen molar-refractivity contribution in [1.82, 2.24) is 0 Å². The zero-order valence-corrected chi connectivity index (χ0v) is 16.8. The van der Waals surface area contributed by atoms with Gasteiger partial charge in [-0.2, -0.15) is 0 Å². The second-order valence-electron chi connectivity index (χ2n) is 5.04. The summed E-state index contributed by atoms with van der Waals surface area (Å²) in [6.07, 6.45) is 1.59. The molecule has 2 aromatic rings. The number of hydrogen-bond donors (Lipinski definition) is 1. The van der Waals surface area contributed by atoms with E-state index in [9.17, 15) is 9.90 Å². The molecule has 0 unspecified atom stereocenters. The lowest BCUT2D eigenvalue weighted by Crippen LogP contribution is -2.27. The van der Waals surface area contributed by atoms with Crippen molar-refractivity contribution in [3.05, 3.63) is 56.4 Å². The Morgan fingerprint density at radius 3 is 2.80 bits per heavy atom. The van der Waals surface area contributed by atoms with Gasteiger partial charge in [0.15, 0.2) is 15.8 Å². The number of ether oxygens (including phenoxy) is 1. The molecule has 1 heterocycles. The predicted octanol–water partition coefficient (Wildman–Crippen LogP) is 5.22. The largest absolute Gasteiger partial charge is 0.504 e. The Morgan fingerprint density at radius 1 is 1.36 bits per heavy atom. The van der Waals surface area contributed by atoms with Crippen LogP contribution in [0, 0.1) is 0 Å². The molecule has 8 heteroatoms. The van der Waals surface area contributed by atoms with Gasteiger partial charge in [0.05, 0.1) is 17.7 Å². The molecular weight excluding hydrogens is 446 g/mol. The molecule has 1 saturated heterocycles. The third-order valence-corrected chi connectivity index (χ3v) is 5.43. The van der Waals surface area contributed by atoms with Gasteiger partial charge >= 0.3 is 0 Å². The van der Waals surface area contributed by atoms with Crippen molar-refractivity contribution in [1.29, 1.82) is 0 Å². The zero-order valence-electron chi connectivity index (χ0n) is 12.8. The summed E-state index contributed by atoms with van der Waals surface area (Å²) in [5.41, 5.74) is 1.06. The second-order valence-corrected chi connectivity index (χ2v) is 8.07. The first-order valence-corrected chi connectivity index (χ1v) is 9.40. The van der Waals surface area contributed by atoms with Gasteiger partial charge in [-0.3, -0.25) is 9.69 Å². The second kappa shape index (κ2) is 7.37.